The summed E-state index contributed by atoms with van der Waals surface area (Å²) in [5.41, 5.74) is 2.83. The fraction of sp³-hybridized carbons (Fsp3) is 0.579. The van der Waals surface area contributed by atoms with Gasteiger partial charge in [-0.3, -0.25) is 4.79 Å². The molecule has 25 heavy (non-hydrogen) atoms. The number of rotatable bonds is 7. The van der Waals surface area contributed by atoms with Crippen LogP contribution in [0.1, 0.15) is 24.5 Å². The first-order chi connectivity index (χ1) is 12.1. The molecule has 2 N–H and O–H groups in total. The van der Waals surface area contributed by atoms with Crippen LogP contribution in [0.4, 0.5) is 0 Å². The van der Waals surface area contributed by atoms with Gasteiger partial charge in [0.05, 0.1) is 6.61 Å². The molecule has 0 aromatic heterocycles. The summed E-state index contributed by atoms with van der Waals surface area (Å²) < 4.78 is 5.36. The zero-order valence-electron chi connectivity index (χ0n) is 15.5. The van der Waals surface area contributed by atoms with E-state index in [1.165, 1.54) is 11.1 Å². The number of amides is 1. The average molecular weight is 346 g/mol. The molecule has 6 heteroatoms. The molecular weight excluding hydrogens is 316 g/mol. The van der Waals surface area contributed by atoms with Gasteiger partial charge in [0.25, 0.3) is 0 Å². The van der Waals surface area contributed by atoms with Crippen molar-refractivity contribution >= 4 is 11.9 Å². The lowest BCUT2D eigenvalue weighted by Crippen LogP contribution is -2.47. The van der Waals surface area contributed by atoms with Crippen molar-refractivity contribution in [2.24, 2.45) is 4.99 Å². The number of hydrogen-bond acceptors (Lipinski definition) is 3. The van der Waals surface area contributed by atoms with Gasteiger partial charge >= 0.3 is 0 Å². The third kappa shape index (κ3) is 6.38. The first kappa shape index (κ1) is 19.2. The highest BCUT2D eigenvalue weighted by molar-refractivity contribution is 5.85. The van der Waals surface area contributed by atoms with Gasteiger partial charge in [0.15, 0.2) is 5.96 Å². The second-order valence-corrected chi connectivity index (χ2v) is 6.43. The van der Waals surface area contributed by atoms with E-state index < -0.39 is 0 Å². The van der Waals surface area contributed by atoms with E-state index in [1.54, 1.807) is 19.0 Å². The topological polar surface area (TPSA) is 66.0 Å². The Kier molecular flexibility index (Phi) is 7.73. The molecule has 0 saturated carbocycles. The summed E-state index contributed by atoms with van der Waals surface area (Å²) in [4.78, 5) is 17.8. The minimum Gasteiger partial charge on any atom is -0.380 e. The van der Waals surface area contributed by atoms with Crippen molar-refractivity contribution in [3.05, 3.63) is 35.4 Å². The normalized spacial score (nSPS) is 16.9. The van der Waals surface area contributed by atoms with E-state index in [1.807, 2.05) is 6.92 Å². The number of likely N-dealkylation sites (N-methyl/N-ethyl adjacent to an activating group) is 1. The summed E-state index contributed by atoms with van der Waals surface area (Å²) in [6, 6.07) is 8.91. The molecule has 0 bridgehead atoms. The van der Waals surface area contributed by atoms with Crippen molar-refractivity contribution in [2.75, 3.05) is 40.4 Å². The van der Waals surface area contributed by atoms with Crippen molar-refractivity contribution in [2.45, 2.75) is 32.2 Å². The zero-order chi connectivity index (χ0) is 18.1. The van der Waals surface area contributed by atoms with Crippen molar-refractivity contribution in [3.63, 3.8) is 0 Å². The third-order valence-electron chi connectivity index (χ3n) is 4.30. The second kappa shape index (κ2) is 10.0. The number of nitrogens with zero attached hydrogens (tertiary/aromatic N) is 2. The van der Waals surface area contributed by atoms with Gasteiger partial charge in [-0.25, -0.2) is 4.99 Å². The van der Waals surface area contributed by atoms with Gasteiger partial charge in [0.2, 0.25) is 5.91 Å². The number of ether oxygens (including phenoxy) is 1. The van der Waals surface area contributed by atoms with Crippen LogP contribution in [-0.4, -0.2) is 63.2 Å². The Bertz CT molecular complexity index is 587. The number of hydrogen-bond donors (Lipinski definition) is 2. The van der Waals surface area contributed by atoms with Crippen molar-refractivity contribution in [3.8, 4) is 0 Å². The number of aryl methyl sites for hydroxylation is 1. The van der Waals surface area contributed by atoms with Crippen LogP contribution in [0.5, 0.6) is 0 Å². The predicted molar refractivity (Wildman–Crippen MR) is 101 cm³/mol. The van der Waals surface area contributed by atoms with E-state index in [4.69, 9.17) is 4.74 Å². The quantitative estimate of drug-likeness (QED) is 0.442. The molecule has 0 spiro atoms. The summed E-state index contributed by atoms with van der Waals surface area (Å²) >= 11 is 0. The van der Waals surface area contributed by atoms with E-state index in [2.05, 4.69) is 39.9 Å². The van der Waals surface area contributed by atoms with Crippen LogP contribution in [-0.2, 0) is 22.4 Å². The van der Waals surface area contributed by atoms with Crippen molar-refractivity contribution in [1.82, 2.24) is 15.5 Å². The van der Waals surface area contributed by atoms with Crippen molar-refractivity contribution in [1.29, 1.82) is 0 Å². The molecule has 6 nitrogen and oxygen atoms in total. The highest BCUT2D eigenvalue weighted by atomic mass is 16.5. The summed E-state index contributed by atoms with van der Waals surface area (Å²) in [6.45, 7) is 4.09. The van der Waals surface area contributed by atoms with Crippen LogP contribution in [0.25, 0.3) is 0 Å². The molecule has 1 atom stereocenters. The van der Waals surface area contributed by atoms with Crippen LogP contribution in [0.3, 0.4) is 0 Å². The standard InChI is InChI=1S/C19H30N4O2/c1-4-25-12-11-20-19(21-14-18(24)23(2)3)22-17-10-9-15-7-5-6-8-16(15)13-17/h5-8,17H,4,9-14H2,1-3H3,(H2,20,21,22). The molecule has 1 aliphatic carbocycles. The molecule has 138 valence electrons. The highest BCUT2D eigenvalue weighted by Gasteiger charge is 2.19. The molecule has 1 aromatic rings. The summed E-state index contributed by atoms with van der Waals surface area (Å²) in [5.74, 6) is 0.666. The maximum atomic E-state index is 11.8. The van der Waals surface area contributed by atoms with Crippen LogP contribution in [0, 0.1) is 0 Å². The summed E-state index contributed by atoms with van der Waals surface area (Å²) in [5, 5.41) is 6.74. The van der Waals surface area contributed by atoms with E-state index in [0.717, 1.165) is 19.3 Å². The average Bonchev–Trinajstić information content (AvgIpc) is 2.62. The van der Waals surface area contributed by atoms with Gasteiger partial charge in [0.1, 0.15) is 6.54 Å². The number of guanidine groups is 1. The Balaban J connectivity index is 1.95. The van der Waals surface area contributed by atoms with Gasteiger partial charge < -0.3 is 20.3 Å². The number of fused-ring (bicyclic) bond motifs is 1. The Morgan fingerprint density at radius 2 is 2.08 bits per heavy atom. The van der Waals surface area contributed by atoms with Gasteiger partial charge in [-0.2, -0.15) is 0 Å². The number of nitrogens with one attached hydrogen (secondary N) is 2. The maximum absolute atomic E-state index is 11.8. The minimum atomic E-state index is -0.0140. The molecule has 0 aliphatic heterocycles. The lowest BCUT2D eigenvalue weighted by atomic mass is 9.88. The van der Waals surface area contributed by atoms with Gasteiger partial charge in [-0.15, -0.1) is 0 Å². The van der Waals surface area contributed by atoms with Gasteiger partial charge in [0, 0.05) is 33.3 Å². The number of carbonyl (C=O) groups is 1. The molecule has 1 unspecified atom stereocenters. The van der Waals surface area contributed by atoms with Gasteiger partial charge in [-0.1, -0.05) is 24.3 Å². The Morgan fingerprint density at radius 3 is 2.80 bits per heavy atom. The number of aliphatic imine (C=N–C) groups is 1. The molecule has 0 heterocycles. The number of benzene rings is 1. The largest absolute Gasteiger partial charge is 0.380 e. The van der Waals surface area contributed by atoms with Crippen LogP contribution in [0.15, 0.2) is 29.3 Å². The van der Waals surface area contributed by atoms with Crippen LogP contribution in [0.2, 0.25) is 0 Å². The summed E-state index contributed by atoms with van der Waals surface area (Å²) in [6.07, 6.45) is 3.10. The molecule has 2 rings (SSSR count). The van der Waals surface area contributed by atoms with E-state index in [9.17, 15) is 4.79 Å². The smallest absolute Gasteiger partial charge is 0.243 e. The molecule has 1 aromatic carbocycles. The van der Waals surface area contributed by atoms with E-state index >= 15 is 0 Å². The Labute approximate surface area is 150 Å². The van der Waals surface area contributed by atoms with Crippen LogP contribution >= 0.6 is 0 Å². The molecule has 0 fully saturated rings. The monoisotopic (exact) mass is 346 g/mol. The fourth-order valence-electron chi connectivity index (χ4n) is 2.84. The first-order valence-electron chi connectivity index (χ1n) is 8.99. The minimum absolute atomic E-state index is 0.0140. The molecule has 0 radical (unpaired) electrons. The fourth-order valence-corrected chi connectivity index (χ4v) is 2.84. The SMILES string of the molecule is CCOCCNC(=NCC(=O)N(C)C)NC1CCc2ccccc2C1. The highest BCUT2D eigenvalue weighted by Crippen LogP contribution is 2.20. The van der Waals surface area contributed by atoms with Crippen molar-refractivity contribution < 1.29 is 9.53 Å². The molecule has 1 aliphatic rings. The Morgan fingerprint density at radius 1 is 1.32 bits per heavy atom. The number of carbonyl (C=O) groups excluding carboxylic acids is 1. The molecule has 1 amide bonds. The molecular formula is C19H30N4O2. The molecule has 0 saturated heterocycles. The lowest BCUT2D eigenvalue weighted by Gasteiger charge is -2.27. The van der Waals surface area contributed by atoms with Crippen LogP contribution < -0.4 is 10.6 Å². The maximum Gasteiger partial charge on any atom is 0.243 e. The van der Waals surface area contributed by atoms with E-state index in [0.29, 0.717) is 31.8 Å². The third-order valence-corrected chi connectivity index (χ3v) is 4.30. The lowest BCUT2D eigenvalue weighted by molar-refractivity contribution is -0.127. The predicted octanol–water partition coefficient (Wildman–Crippen LogP) is 1.20. The summed E-state index contributed by atoms with van der Waals surface area (Å²) in [7, 11) is 3.48. The second-order valence-electron chi connectivity index (χ2n) is 6.43. The zero-order valence-corrected chi connectivity index (χ0v) is 15.5. The van der Waals surface area contributed by atoms with Gasteiger partial charge in [-0.05, 0) is 37.3 Å². The first-order valence-corrected chi connectivity index (χ1v) is 8.99. The Hall–Kier alpha value is -2.08. The van der Waals surface area contributed by atoms with E-state index in [-0.39, 0.29) is 12.5 Å².